The highest BCUT2D eigenvalue weighted by Gasteiger charge is 2.24. The maximum Gasteiger partial charge on any atom is 0.251 e. The smallest absolute Gasteiger partial charge is 0.251 e. The second kappa shape index (κ2) is 8.29. The molecule has 1 aromatic carbocycles. The standard InChI is InChI=1S/C16H23N3O3S.ClH/c20-16(18-11-14-4-2-8-17-14)13-3-1-5-15(9-13)23(21,22)19-10-12-6-7-12;/h1,3,5,9,12,14,17,19H,2,4,6-8,10-11H2,(H,18,20);1H. The lowest BCUT2D eigenvalue weighted by Crippen LogP contribution is -2.37. The van der Waals surface area contributed by atoms with Crippen molar-refractivity contribution in [2.45, 2.75) is 36.6 Å². The molecule has 1 heterocycles. The highest BCUT2D eigenvalue weighted by Crippen LogP contribution is 2.28. The van der Waals surface area contributed by atoms with Crippen LogP contribution in [0.3, 0.4) is 0 Å². The van der Waals surface area contributed by atoms with Crippen molar-refractivity contribution >= 4 is 28.3 Å². The van der Waals surface area contributed by atoms with Gasteiger partial charge in [-0.05, 0) is 56.3 Å². The monoisotopic (exact) mass is 373 g/mol. The van der Waals surface area contributed by atoms with Crippen molar-refractivity contribution in [1.82, 2.24) is 15.4 Å². The second-order valence-electron chi connectivity index (χ2n) is 6.33. The summed E-state index contributed by atoms with van der Waals surface area (Å²) in [6.45, 7) is 2.03. The minimum atomic E-state index is -3.54. The predicted molar refractivity (Wildman–Crippen MR) is 95.0 cm³/mol. The van der Waals surface area contributed by atoms with Crippen molar-refractivity contribution in [1.29, 1.82) is 0 Å². The summed E-state index contributed by atoms with van der Waals surface area (Å²) in [5.74, 6) is 0.230. The van der Waals surface area contributed by atoms with Gasteiger partial charge in [-0.25, -0.2) is 13.1 Å². The third kappa shape index (κ3) is 5.17. The first-order chi connectivity index (χ1) is 11.0. The molecule has 2 aliphatic rings. The number of carbonyl (C=O) groups excluding carboxylic acids is 1. The van der Waals surface area contributed by atoms with Gasteiger partial charge in [-0.15, -0.1) is 12.4 Å². The van der Waals surface area contributed by atoms with Crippen LogP contribution in [0, 0.1) is 5.92 Å². The number of sulfonamides is 1. The van der Waals surface area contributed by atoms with E-state index in [1.807, 2.05) is 0 Å². The van der Waals surface area contributed by atoms with Crippen LogP contribution in [0.25, 0.3) is 0 Å². The van der Waals surface area contributed by atoms with Gasteiger partial charge < -0.3 is 10.6 Å². The van der Waals surface area contributed by atoms with Gasteiger partial charge in [0.25, 0.3) is 5.91 Å². The van der Waals surface area contributed by atoms with Gasteiger partial charge in [0, 0.05) is 24.7 Å². The Morgan fingerprint density at radius 1 is 1.21 bits per heavy atom. The summed E-state index contributed by atoms with van der Waals surface area (Å²) in [6, 6.07) is 6.51. The number of hydrogen-bond acceptors (Lipinski definition) is 4. The Hall–Kier alpha value is -1.15. The Kier molecular flexibility index (Phi) is 6.62. The van der Waals surface area contributed by atoms with Crippen LogP contribution in [0.1, 0.15) is 36.0 Å². The quantitative estimate of drug-likeness (QED) is 0.671. The summed E-state index contributed by atoms with van der Waals surface area (Å²) < 4.78 is 27.1. The lowest BCUT2D eigenvalue weighted by atomic mass is 10.2. The minimum Gasteiger partial charge on any atom is -0.350 e. The van der Waals surface area contributed by atoms with Crippen LogP contribution >= 0.6 is 12.4 Å². The Morgan fingerprint density at radius 3 is 2.67 bits per heavy atom. The van der Waals surface area contributed by atoms with Gasteiger partial charge in [0.2, 0.25) is 10.0 Å². The third-order valence-electron chi connectivity index (χ3n) is 4.34. The van der Waals surface area contributed by atoms with E-state index in [9.17, 15) is 13.2 Å². The maximum absolute atomic E-state index is 12.3. The number of nitrogens with one attached hydrogen (secondary N) is 3. The average molecular weight is 374 g/mol. The highest BCUT2D eigenvalue weighted by molar-refractivity contribution is 7.89. The fourth-order valence-electron chi connectivity index (χ4n) is 2.69. The number of carbonyl (C=O) groups is 1. The molecule has 0 spiro atoms. The van der Waals surface area contributed by atoms with Crippen molar-refractivity contribution in [3.05, 3.63) is 29.8 Å². The molecule has 6 nitrogen and oxygen atoms in total. The highest BCUT2D eigenvalue weighted by atomic mass is 35.5. The molecule has 8 heteroatoms. The molecule has 0 aromatic heterocycles. The molecule has 1 saturated carbocycles. The zero-order chi connectivity index (χ0) is 16.3. The number of amides is 1. The molecular weight excluding hydrogens is 350 g/mol. The lowest BCUT2D eigenvalue weighted by Gasteiger charge is -2.12. The maximum atomic E-state index is 12.3. The van der Waals surface area contributed by atoms with Crippen LogP contribution in [-0.4, -0.2) is 40.0 Å². The first-order valence-corrected chi connectivity index (χ1v) is 9.64. The van der Waals surface area contributed by atoms with Crippen molar-refractivity contribution in [3.63, 3.8) is 0 Å². The number of halogens is 1. The van der Waals surface area contributed by atoms with Crippen LogP contribution < -0.4 is 15.4 Å². The van der Waals surface area contributed by atoms with Crippen LogP contribution in [0.4, 0.5) is 0 Å². The van der Waals surface area contributed by atoms with Gasteiger partial charge in [0.1, 0.15) is 0 Å². The predicted octanol–water partition coefficient (Wildman–Crippen LogP) is 1.28. The zero-order valence-electron chi connectivity index (χ0n) is 13.5. The summed E-state index contributed by atoms with van der Waals surface area (Å²) in [5, 5.41) is 6.17. The molecule has 1 aromatic rings. The SMILES string of the molecule is Cl.O=C(NCC1CCCN1)c1cccc(S(=O)(=O)NCC2CC2)c1. The molecule has 24 heavy (non-hydrogen) atoms. The fourth-order valence-corrected chi connectivity index (χ4v) is 3.85. The molecule has 0 radical (unpaired) electrons. The second-order valence-corrected chi connectivity index (χ2v) is 8.09. The molecule has 1 aliphatic carbocycles. The zero-order valence-corrected chi connectivity index (χ0v) is 15.1. The van der Waals surface area contributed by atoms with E-state index in [0.717, 1.165) is 32.2 Å². The Balaban J connectivity index is 0.00000208. The van der Waals surface area contributed by atoms with Crippen molar-refractivity contribution in [2.75, 3.05) is 19.6 Å². The molecule has 1 aliphatic heterocycles. The molecule has 1 amide bonds. The fraction of sp³-hybridized carbons (Fsp3) is 0.562. The lowest BCUT2D eigenvalue weighted by molar-refractivity contribution is 0.0950. The van der Waals surface area contributed by atoms with Gasteiger partial charge in [-0.1, -0.05) is 6.07 Å². The minimum absolute atomic E-state index is 0. The summed E-state index contributed by atoms with van der Waals surface area (Å²) >= 11 is 0. The Bertz CT molecular complexity index is 671. The van der Waals surface area contributed by atoms with Crippen LogP contribution in [0.2, 0.25) is 0 Å². The van der Waals surface area contributed by atoms with Crippen LogP contribution in [0.15, 0.2) is 29.2 Å². The summed E-state index contributed by atoms with van der Waals surface area (Å²) in [7, 11) is -3.54. The molecular formula is C16H24ClN3O3S. The molecule has 2 fully saturated rings. The molecule has 3 N–H and O–H groups in total. The number of benzene rings is 1. The van der Waals surface area contributed by atoms with Crippen molar-refractivity contribution in [2.24, 2.45) is 5.92 Å². The van der Waals surface area contributed by atoms with Crippen molar-refractivity contribution < 1.29 is 13.2 Å². The molecule has 1 saturated heterocycles. The first kappa shape index (κ1) is 19.2. The van der Waals surface area contributed by atoms with E-state index in [1.54, 1.807) is 12.1 Å². The van der Waals surface area contributed by atoms with Gasteiger partial charge in [0.05, 0.1) is 4.90 Å². The van der Waals surface area contributed by atoms with Crippen LogP contribution in [0.5, 0.6) is 0 Å². The van der Waals surface area contributed by atoms with E-state index >= 15 is 0 Å². The number of rotatable bonds is 7. The topological polar surface area (TPSA) is 87.3 Å². The van der Waals surface area contributed by atoms with Gasteiger partial charge in [-0.2, -0.15) is 0 Å². The summed E-state index contributed by atoms with van der Waals surface area (Å²) in [5.41, 5.74) is 0.372. The van der Waals surface area contributed by atoms with Gasteiger partial charge in [0.15, 0.2) is 0 Å². The van der Waals surface area contributed by atoms with Crippen molar-refractivity contribution in [3.8, 4) is 0 Å². The summed E-state index contributed by atoms with van der Waals surface area (Å²) in [4.78, 5) is 12.3. The average Bonchev–Trinajstić information content (AvgIpc) is 3.25. The number of hydrogen-bond donors (Lipinski definition) is 3. The van der Waals surface area contributed by atoms with E-state index in [0.29, 0.717) is 30.6 Å². The Labute approximate surface area is 149 Å². The molecule has 3 rings (SSSR count). The summed E-state index contributed by atoms with van der Waals surface area (Å²) in [6.07, 6.45) is 4.35. The molecule has 134 valence electrons. The molecule has 0 bridgehead atoms. The largest absolute Gasteiger partial charge is 0.350 e. The molecule has 1 atom stereocenters. The van der Waals surface area contributed by atoms with Gasteiger partial charge >= 0.3 is 0 Å². The van der Waals surface area contributed by atoms with E-state index < -0.39 is 10.0 Å². The Morgan fingerprint density at radius 2 is 2.00 bits per heavy atom. The van der Waals surface area contributed by atoms with E-state index in [1.165, 1.54) is 12.1 Å². The van der Waals surface area contributed by atoms with Crippen LogP contribution in [-0.2, 0) is 10.0 Å². The van der Waals surface area contributed by atoms with E-state index in [-0.39, 0.29) is 23.2 Å². The first-order valence-electron chi connectivity index (χ1n) is 8.16. The van der Waals surface area contributed by atoms with E-state index in [4.69, 9.17) is 0 Å². The third-order valence-corrected chi connectivity index (χ3v) is 5.76. The van der Waals surface area contributed by atoms with E-state index in [2.05, 4.69) is 15.4 Å². The molecule has 1 unspecified atom stereocenters. The normalized spacial score (nSPS) is 20.4. The van der Waals surface area contributed by atoms with Gasteiger partial charge in [-0.3, -0.25) is 4.79 Å².